The second-order valence-electron chi connectivity index (χ2n) is 4.26. The van der Waals surface area contributed by atoms with Crippen LogP contribution in [0.25, 0.3) is 0 Å². The molecule has 2 aromatic rings. The molecule has 0 fully saturated rings. The van der Waals surface area contributed by atoms with Crippen molar-refractivity contribution in [3.8, 4) is 17.7 Å². The van der Waals surface area contributed by atoms with Crippen molar-refractivity contribution < 1.29 is 14.2 Å². The normalized spacial score (nSPS) is 13.3. The molecule has 5 nitrogen and oxygen atoms in total. The van der Waals surface area contributed by atoms with Crippen molar-refractivity contribution in [3.63, 3.8) is 0 Å². The summed E-state index contributed by atoms with van der Waals surface area (Å²) in [7, 11) is 0. The minimum atomic E-state index is -0.518. The number of pyridine rings is 1. The molecule has 1 aliphatic rings. The minimum Gasteiger partial charge on any atom is -0.455 e. The van der Waals surface area contributed by atoms with Crippen LogP contribution in [0.15, 0.2) is 47.3 Å². The van der Waals surface area contributed by atoms with Crippen molar-refractivity contribution >= 4 is 27.5 Å². The van der Waals surface area contributed by atoms with Crippen LogP contribution >= 0.6 is 27.5 Å². The molecule has 0 N–H and O–H groups in total. The lowest BCUT2D eigenvalue weighted by Gasteiger charge is -2.14. The van der Waals surface area contributed by atoms with Crippen LogP contribution in [0.3, 0.4) is 0 Å². The van der Waals surface area contributed by atoms with Gasteiger partial charge in [0, 0.05) is 10.5 Å². The third-order valence-corrected chi connectivity index (χ3v) is 3.86. The minimum absolute atomic E-state index is 0.101. The first-order valence-electron chi connectivity index (χ1n) is 6.17. The van der Waals surface area contributed by atoms with Gasteiger partial charge in [-0.2, -0.15) is 10.2 Å². The molecular formula is C15H8BrClN2O3. The van der Waals surface area contributed by atoms with E-state index < -0.39 is 6.29 Å². The number of hydrogen-bond donors (Lipinski definition) is 0. The highest BCUT2D eigenvalue weighted by Gasteiger charge is 2.19. The molecule has 0 aliphatic carbocycles. The van der Waals surface area contributed by atoms with E-state index in [2.05, 4.69) is 20.9 Å². The maximum atomic E-state index is 8.83. The van der Waals surface area contributed by atoms with Crippen LogP contribution in [-0.2, 0) is 9.47 Å². The second kappa shape index (κ2) is 6.26. The Morgan fingerprint density at radius 2 is 2.00 bits per heavy atom. The van der Waals surface area contributed by atoms with Gasteiger partial charge < -0.3 is 14.2 Å². The summed E-state index contributed by atoms with van der Waals surface area (Å²) in [5.74, 6) is 0.842. The van der Waals surface area contributed by atoms with E-state index in [1.54, 1.807) is 24.3 Å². The molecule has 1 aromatic heterocycles. The van der Waals surface area contributed by atoms with Crippen LogP contribution in [0.1, 0.15) is 17.4 Å². The Labute approximate surface area is 139 Å². The highest BCUT2D eigenvalue weighted by Crippen LogP contribution is 2.34. The molecule has 0 unspecified atom stereocenters. The van der Waals surface area contributed by atoms with Gasteiger partial charge in [-0.1, -0.05) is 27.5 Å². The molecule has 3 rings (SSSR count). The fourth-order valence-corrected chi connectivity index (χ4v) is 2.45. The number of benzene rings is 1. The quantitative estimate of drug-likeness (QED) is 0.725. The third-order valence-electron chi connectivity index (χ3n) is 2.85. The number of ether oxygens (including phenoxy) is 3. The Morgan fingerprint density at radius 1 is 1.23 bits per heavy atom. The number of aromatic nitrogens is 1. The summed E-state index contributed by atoms with van der Waals surface area (Å²) in [5, 5.41) is 8.93. The number of hydrogen-bond acceptors (Lipinski definition) is 5. The monoisotopic (exact) mass is 378 g/mol. The van der Waals surface area contributed by atoms with Crippen molar-refractivity contribution in [2.75, 3.05) is 0 Å². The Morgan fingerprint density at radius 3 is 2.68 bits per heavy atom. The summed E-state index contributed by atoms with van der Waals surface area (Å²) in [6, 6.07) is 10.4. The van der Waals surface area contributed by atoms with Crippen molar-refractivity contribution in [1.82, 2.24) is 4.98 Å². The predicted molar refractivity (Wildman–Crippen MR) is 82.2 cm³/mol. The van der Waals surface area contributed by atoms with E-state index >= 15 is 0 Å². The summed E-state index contributed by atoms with van der Waals surface area (Å²) >= 11 is 9.33. The molecule has 0 atom stereocenters. The largest absolute Gasteiger partial charge is 0.455 e. The van der Waals surface area contributed by atoms with E-state index in [1.165, 1.54) is 12.5 Å². The number of halogens is 2. The van der Waals surface area contributed by atoms with Crippen LogP contribution in [0.5, 0.6) is 11.6 Å². The molecule has 0 spiro atoms. The molecule has 2 heterocycles. The average molecular weight is 380 g/mol. The molecule has 0 amide bonds. The lowest BCUT2D eigenvalue weighted by atomic mass is 10.2. The van der Waals surface area contributed by atoms with Gasteiger partial charge >= 0.3 is 0 Å². The summed E-state index contributed by atoms with van der Waals surface area (Å²) in [5.41, 5.74) is 1.08. The van der Waals surface area contributed by atoms with Crippen molar-refractivity contribution in [2.24, 2.45) is 0 Å². The van der Waals surface area contributed by atoms with E-state index in [4.69, 9.17) is 31.1 Å². The summed E-state index contributed by atoms with van der Waals surface area (Å²) in [6.45, 7) is 0. The Bertz CT molecular complexity index is 781. The Balaban J connectivity index is 1.85. The standard InChI is InChI=1S/C15H8BrClN2O3/c16-12-3-2-10(7-11(12)15-20-5-6-21-15)22-13-4-1-9(8-18)14(17)19-13/h1-7,15H. The van der Waals surface area contributed by atoms with E-state index in [-0.39, 0.29) is 5.15 Å². The van der Waals surface area contributed by atoms with Gasteiger partial charge in [-0.25, -0.2) is 0 Å². The summed E-state index contributed by atoms with van der Waals surface area (Å²) < 4.78 is 17.1. The van der Waals surface area contributed by atoms with Gasteiger partial charge in [-0.15, -0.1) is 0 Å². The molecule has 0 bridgehead atoms. The van der Waals surface area contributed by atoms with E-state index in [0.29, 0.717) is 17.2 Å². The first-order valence-corrected chi connectivity index (χ1v) is 7.34. The van der Waals surface area contributed by atoms with Crippen molar-refractivity contribution in [1.29, 1.82) is 5.26 Å². The molecule has 0 radical (unpaired) electrons. The fourth-order valence-electron chi connectivity index (χ4n) is 1.83. The maximum absolute atomic E-state index is 8.83. The van der Waals surface area contributed by atoms with E-state index in [0.717, 1.165) is 10.0 Å². The molecular weight excluding hydrogens is 372 g/mol. The molecule has 110 valence electrons. The summed E-state index contributed by atoms with van der Waals surface area (Å²) in [4.78, 5) is 4.02. The number of rotatable bonds is 3. The van der Waals surface area contributed by atoms with Gasteiger partial charge in [-0.05, 0) is 24.3 Å². The molecule has 0 saturated heterocycles. The van der Waals surface area contributed by atoms with Gasteiger partial charge in [0.1, 0.15) is 24.3 Å². The van der Waals surface area contributed by atoms with Gasteiger partial charge in [0.2, 0.25) is 5.88 Å². The molecule has 1 aromatic carbocycles. The van der Waals surface area contributed by atoms with Gasteiger partial charge in [0.25, 0.3) is 6.29 Å². The molecule has 22 heavy (non-hydrogen) atoms. The number of nitriles is 1. The van der Waals surface area contributed by atoms with Crippen LogP contribution in [0.2, 0.25) is 5.15 Å². The fraction of sp³-hybridized carbons (Fsp3) is 0.0667. The Hall–Kier alpha value is -2.23. The maximum Gasteiger partial charge on any atom is 0.267 e. The van der Waals surface area contributed by atoms with Gasteiger partial charge in [0.15, 0.2) is 5.15 Å². The first-order chi connectivity index (χ1) is 10.7. The Kier molecular flexibility index (Phi) is 4.18. The van der Waals surface area contributed by atoms with Crippen LogP contribution in [-0.4, -0.2) is 4.98 Å². The highest BCUT2D eigenvalue weighted by atomic mass is 79.9. The summed E-state index contributed by atoms with van der Waals surface area (Å²) in [6.07, 6.45) is 2.44. The molecule has 7 heteroatoms. The zero-order chi connectivity index (χ0) is 15.5. The highest BCUT2D eigenvalue weighted by molar-refractivity contribution is 9.10. The van der Waals surface area contributed by atoms with Gasteiger partial charge in [0.05, 0.1) is 11.1 Å². The molecule has 0 saturated carbocycles. The van der Waals surface area contributed by atoms with Crippen LogP contribution in [0.4, 0.5) is 0 Å². The lowest BCUT2D eigenvalue weighted by Crippen LogP contribution is -2.00. The number of nitrogens with zero attached hydrogens (tertiary/aromatic N) is 2. The lowest BCUT2D eigenvalue weighted by molar-refractivity contribution is -0.0252. The van der Waals surface area contributed by atoms with E-state index in [1.807, 2.05) is 12.1 Å². The van der Waals surface area contributed by atoms with E-state index in [9.17, 15) is 0 Å². The first kappa shape index (κ1) is 14.7. The zero-order valence-electron chi connectivity index (χ0n) is 11.0. The third kappa shape index (κ3) is 3.01. The smallest absolute Gasteiger partial charge is 0.267 e. The predicted octanol–water partition coefficient (Wildman–Crippen LogP) is 4.68. The SMILES string of the molecule is N#Cc1ccc(Oc2ccc(Br)c(C3OC=CO3)c2)nc1Cl. The average Bonchev–Trinajstić information content (AvgIpc) is 3.03. The molecule has 1 aliphatic heterocycles. The second-order valence-corrected chi connectivity index (χ2v) is 5.47. The zero-order valence-corrected chi connectivity index (χ0v) is 13.3. The van der Waals surface area contributed by atoms with Crippen molar-refractivity contribution in [2.45, 2.75) is 6.29 Å². The topological polar surface area (TPSA) is 64.4 Å². The van der Waals surface area contributed by atoms with Crippen LogP contribution in [0, 0.1) is 11.3 Å². The van der Waals surface area contributed by atoms with Crippen molar-refractivity contribution in [3.05, 3.63) is 63.6 Å². The van der Waals surface area contributed by atoms with Crippen LogP contribution < -0.4 is 4.74 Å². The van der Waals surface area contributed by atoms with Gasteiger partial charge in [-0.3, -0.25) is 0 Å².